The van der Waals surface area contributed by atoms with Crippen LogP contribution in [0, 0.1) is 13.8 Å². The third-order valence-corrected chi connectivity index (χ3v) is 4.29. The van der Waals surface area contributed by atoms with Gasteiger partial charge in [-0.15, -0.1) is 0 Å². The molecular formula is C18H21Cl2N. The summed E-state index contributed by atoms with van der Waals surface area (Å²) >= 11 is 12.5. The molecule has 0 bridgehead atoms. The molecule has 0 saturated heterocycles. The third kappa shape index (κ3) is 4.23. The van der Waals surface area contributed by atoms with Gasteiger partial charge in [0.05, 0.1) is 0 Å². The molecule has 0 aliphatic heterocycles. The van der Waals surface area contributed by atoms with Crippen molar-refractivity contribution in [3.63, 3.8) is 0 Å². The Morgan fingerprint density at radius 3 is 2.52 bits per heavy atom. The van der Waals surface area contributed by atoms with Crippen molar-refractivity contribution in [2.24, 2.45) is 0 Å². The molecule has 0 radical (unpaired) electrons. The van der Waals surface area contributed by atoms with Gasteiger partial charge in [0, 0.05) is 16.1 Å². The highest BCUT2D eigenvalue weighted by molar-refractivity contribution is 6.33. The number of hydrogen-bond acceptors (Lipinski definition) is 1. The van der Waals surface area contributed by atoms with Gasteiger partial charge in [0.2, 0.25) is 0 Å². The summed E-state index contributed by atoms with van der Waals surface area (Å²) in [5.74, 6) is 0. The average molecular weight is 322 g/mol. The number of rotatable bonds is 5. The van der Waals surface area contributed by atoms with Crippen LogP contribution in [0.5, 0.6) is 0 Å². The Morgan fingerprint density at radius 1 is 1.05 bits per heavy atom. The maximum absolute atomic E-state index is 6.37. The maximum atomic E-state index is 6.37. The molecule has 21 heavy (non-hydrogen) atoms. The van der Waals surface area contributed by atoms with Gasteiger partial charge in [-0.2, -0.15) is 0 Å². The van der Waals surface area contributed by atoms with Crippen LogP contribution >= 0.6 is 23.2 Å². The average Bonchev–Trinajstić information content (AvgIpc) is 2.45. The summed E-state index contributed by atoms with van der Waals surface area (Å²) in [4.78, 5) is 0. The second-order valence-electron chi connectivity index (χ2n) is 5.41. The van der Waals surface area contributed by atoms with Crippen molar-refractivity contribution in [1.82, 2.24) is 5.32 Å². The zero-order chi connectivity index (χ0) is 15.4. The third-order valence-electron chi connectivity index (χ3n) is 3.71. The van der Waals surface area contributed by atoms with Gasteiger partial charge in [0.25, 0.3) is 0 Å². The molecule has 0 amide bonds. The number of hydrogen-bond donors (Lipinski definition) is 1. The van der Waals surface area contributed by atoms with Crippen LogP contribution in [-0.4, -0.2) is 6.54 Å². The van der Waals surface area contributed by atoms with Crippen molar-refractivity contribution < 1.29 is 0 Å². The van der Waals surface area contributed by atoms with Gasteiger partial charge in [-0.1, -0.05) is 53.9 Å². The summed E-state index contributed by atoms with van der Waals surface area (Å²) in [6.45, 7) is 7.27. The van der Waals surface area contributed by atoms with E-state index in [2.05, 4.69) is 44.3 Å². The van der Waals surface area contributed by atoms with Crippen molar-refractivity contribution in [2.45, 2.75) is 33.2 Å². The van der Waals surface area contributed by atoms with E-state index in [1.54, 1.807) is 0 Å². The van der Waals surface area contributed by atoms with E-state index in [1.165, 1.54) is 16.7 Å². The number of likely N-dealkylation sites (N-methyl/N-ethyl adjacent to an activating group) is 1. The topological polar surface area (TPSA) is 12.0 Å². The van der Waals surface area contributed by atoms with Gasteiger partial charge in [0.15, 0.2) is 0 Å². The Labute approximate surface area is 137 Å². The first-order valence-electron chi connectivity index (χ1n) is 7.25. The Bertz CT molecular complexity index is 623. The molecule has 1 nitrogen and oxygen atoms in total. The molecule has 0 spiro atoms. The summed E-state index contributed by atoms with van der Waals surface area (Å²) in [6.07, 6.45) is 0.904. The quantitative estimate of drug-likeness (QED) is 0.766. The molecule has 1 N–H and O–H groups in total. The minimum absolute atomic E-state index is 0.168. The molecule has 0 saturated carbocycles. The zero-order valence-electron chi connectivity index (χ0n) is 12.7. The Morgan fingerprint density at radius 2 is 1.81 bits per heavy atom. The molecule has 3 heteroatoms. The van der Waals surface area contributed by atoms with Gasteiger partial charge in [-0.05, 0) is 61.7 Å². The molecule has 0 fully saturated rings. The van der Waals surface area contributed by atoms with E-state index in [9.17, 15) is 0 Å². The minimum atomic E-state index is 0.168. The van der Waals surface area contributed by atoms with Crippen molar-refractivity contribution in [1.29, 1.82) is 0 Å². The fourth-order valence-corrected chi connectivity index (χ4v) is 2.99. The molecular weight excluding hydrogens is 301 g/mol. The van der Waals surface area contributed by atoms with Crippen LogP contribution in [0.4, 0.5) is 0 Å². The lowest BCUT2D eigenvalue weighted by Gasteiger charge is -2.21. The van der Waals surface area contributed by atoms with E-state index in [1.807, 2.05) is 18.2 Å². The van der Waals surface area contributed by atoms with Gasteiger partial charge >= 0.3 is 0 Å². The maximum Gasteiger partial charge on any atom is 0.0454 e. The summed E-state index contributed by atoms with van der Waals surface area (Å²) < 4.78 is 0. The second kappa shape index (κ2) is 7.31. The van der Waals surface area contributed by atoms with Crippen LogP contribution in [0.3, 0.4) is 0 Å². The van der Waals surface area contributed by atoms with E-state index in [4.69, 9.17) is 23.2 Å². The van der Waals surface area contributed by atoms with E-state index in [-0.39, 0.29) is 6.04 Å². The number of benzene rings is 2. The molecule has 0 aliphatic rings. The summed E-state index contributed by atoms with van der Waals surface area (Å²) in [6, 6.07) is 12.4. The first-order chi connectivity index (χ1) is 10.0. The molecule has 0 aliphatic carbocycles. The lowest BCUT2D eigenvalue weighted by molar-refractivity contribution is 0.549. The molecule has 2 aromatic rings. The van der Waals surface area contributed by atoms with Crippen molar-refractivity contribution >= 4 is 23.2 Å². The van der Waals surface area contributed by atoms with E-state index >= 15 is 0 Å². The van der Waals surface area contributed by atoms with Crippen molar-refractivity contribution in [2.75, 3.05) is 6.54 Å². The summed E-state index contributed by atoms with van der Waals surface area (Å²) in [5, 5.41) is 5.00. The van der Waals surface area contributed by atoms with Gasteiger partial charge < -0.3 is 5.32 Å². The Hall–Kier alpha value is -1.02. The standard InChI is InChI=1S/C18H21Cl2N/c1-4-21-18(16-11-15(19)7-8-17(16)20)10-14-9-12(2)5-6-13(14)3/h5-9,11,18,21H,4,10H2,1-3H3. The number of halogens is 2. The van der Waals surface area contributed by atoms with Crippen LogP contribution in [-0.2, 0) is 6.42 Å². The minimum Gasteiger partial charge on any atom is -0.310 e. The molecule has 2 aromatic carbocycles. The Kier molecular flexibility index (Phi) is 5.69. The molecule has 0 aromatic heterocycles. The number of nitrogens with one attached hydrogen (secondary N) is 1. The van der Waals surface area contributed by atoms with Crippen LogP contribution < -0.4 is 5.32 Å². The van der Waals surface area contributed by atoms with Gasteiger partial charge in [-0.3, -0.25) is 0 Å². The molecule has 1 atom stereocenters. The molecule has 1 unspecified atom stereocenters. The predicted molar refractivity (Wildman–Crippen MR) is 92.5 cm³/mol. The lowest BCUT2D eigenvalue weighted by atomic mass is 9.95. The van der Waals surface area contributed by atoms with Crippen molar-refractivity contribution in [3.05, 3.63) is 68.7 Å². The molecule has 0 heterocycles. The monoisotopic (exact) mass is 321 g/mol. The number of aryl methyl sites for hydroxylation is 2. The smallest absolute Gasteiger partial charge is 0.0454 e. The lowest BCUT2D eigenvalue weighted by Crippen LogP contribution is -2.23. The van der Waals surface area contributed by atoms with Gasteiger partial charge in [-0.25, -0.2) is 0 Å². The van der Waals surface area contributed by atoms with E-state index < -0.39 is 0 Å². The van der Waals surface area contributed by atoms with Crippen molar-refractivity contribution in [3.8, 4) is 0 Å². The van der Waals surface area contributed by atoms with E-state index in [0.29, 0.717) is 0 Å². The van der Waals surface area contributed by atoms with Crippen LogP contribution in [0.2, 0.25) is 10.0 Å². The normalized spacial score (nSPS) is 12.4. The SMILES string of the molecule is CCNC(Cc1cc(C)ccc1C)c1cc(Cl)ccc1Cl. The Balaban J connectivity index is 2.35. The largest absolute Gasteiger partial charge is 0.310 e. The first kappa shape index (κ1) is 16.4. The van der Waals surface area contributed by atoms with E-state index in [0.717, 1.165) is 28.6 Å². The van der Waals surface area contributed by atoms with Gasteiger partial charge in [0.1, 0.15) is 0 Å². The fraction of sp³-hybridized carbons (Fsp3) is 0.333. The second-order valence-corrected chi connectivity index (χ2v) is 6.25. The highest BCUT2D eigenvalue weighted by Crippen LogP contribution is 2.29. The molecule has 112 valence electrons. The van der Waals surface area contributed by atoms with Crippen LogP contribution in [0.25, 0.3) is 0 Å². The fourth-order valence-electron chi connectivity index (χ4n) is 2.56. The van der Waals surface area contributed by atoms with Crippen LogP contribution in [0.15, 0.2) is 36.4 Å². The zero-order valence-corrected chi connectivity index (χ0v) is 14.2. The predicted octanol–water partition coefficient (Wildman–Crippen LogP) is 5.50. The highest BCUT2D eigenvalue weighted by Gasteiger charge is 2.16. The summed E-state index contributed by atoms with van der Waals surface area (Å²) in [7, 11) is 0. The summed E-state index contributed by atoms with van der Waals surface area (Å²) in [5.41, 5.74) is 4.99. The molecule has 2 rings (SSSR count). The highest BCUT2D eigenvalue weighted by atomic mass is 35.5. The first-order valence-corrected chi connectivity index (χ1v) is 8.01. The van der Waals surface area contributed by atoms with Crippen LogP contribution in [0.1, 0.15) is 35.2 Å².